The molecule has 0 radical (unpaired) electrons. The van der Waals surface area contributed by atoms with Crippen molar-refractivity contribution in [3.63, 3.8) is 0 Å². The van der Waals surface area contributed by atoms with E-state index in [0.717, 1.165) is 67.1 Å². The molecule has 0 amide bonds. The predicted molar refractivity (Wildman–Crippen MR) is 241 cm³/mol. The second kappa shape index (κ2) is 18.4. The van der Waals surface area contributed by atoms with E-state index in [4.69, 9.17) is 28.4 Å². The van der Waals surface area contributed by atoms with Crippen LogP contribution in [0.3, 0.4) is 0 Å². The van der Waals surface area contributed by atoms with Crippen LogP contribution in [0.25, 0.3) is 22.3 Å². The highest BCUT2D eigenvalue weighted by Crippen LogP contribution is 2.37. The lowest BCUT2D eigenvalue weighted by atomic mass is 9.77. The van der Waals surface area contributed by atoms with E-state index in [1.165, 1.54) is 7.11 Å². The molecule has 0 aliphatic rings. The van der Waals surface area contributed by atoms with Crippen LogP contribution in [0.4, 0.5) is 9.59 Å². The molecule has 9 heteroatoms. The predicted octanol–water partition coefficient (Wildman–Crippen LogP) is 13.9. The van der Waals surface area contributed by atoms with Crippen LogP contribution in [0.15, 0.2) is 146 Å². The van der Waals surface area contributed by atoms with Gasteiger partial charge in [0, 0.05) is 11.5 Å². The Balaban J connectivity index is 0.936. The first-order valence-electron chi connectivity index (χ1n) is 20.1. The van der Waals surface area contributed by atoms with Crippen LogP contribution in [0, 0.1) is 27.7 Å². The molecule has 7 aromatic rings. The van der Waals surface area contributed by atoms with Crippen LogP contribution in [-0.2, 0) is 10.2 Å². The summed E-state index contributed by atoms with van der Waals surface area (Å²) in [5.74, 6) is 4.79. The van der Waals surface area contributed by atoms with Gasteiger partial charge in [-0.3, -0.25) is 0 Å². The summed E-state index contributed by atoms with van der Waals surface area (Å²) in [4.78, 5) is 24.6. The minimum atomic E-state index is -0.832. The Morgan fingerprint density at radius 2 is 0.790 bits per heavy atom. The van der Waals surface area contributed by atoms with Crippen LogP contribution in [-0.4, -0.2) is 26.5 Å². The van der Waals surface area contributed by atoms with Gasteiger partial charge in [0.15, 0.2) is 0 Å². The molecule has 7 aromatic carbocycles. The number of rotatable bonds is 12. The molecule has 0 aliphatic carbocycles. The Labute approximate surface area is 362 Å². The summed E-state index contributed by atoms with van der Waals surface area (Å²) in [5.41, 5.74) is 9.19. The molecule has 0 saturated heterocycles. The Hall–Kier alpha value is -7.52. The molecule has 0 bridgehead atoms. The molecule has 62 heavy (non-hydrogen) atoms. The molecule has 0 aliphatic heterocycles. The number of benzene rings is 7. The Morgan fingerprint density at radius 3 is 1.19 bits per heavy atom. The van der Waals surface area contributed by atoms with E-state index in [2.05, 4.69) is 24.7 Å². The Bertz CT molecular complexity index is 2730. The minimum Gasteiger partial charge on any atom is -0.496 e. The van der Waals surface area contributed by atoms with Crippen LogP contribution in [0.1, 0.15) is 47.2 Å². The third-order valence-corrected chi connectivity index (χ3v) is 10.8. The van der Waals surface area contributed by atoms with Crippen LogP contribution < -0.4 is 28.4 Å². The van der Waals surface area contributed by atoms with Crippen molar-refractivity contribution in [2.24, 2.45) is 0 Å². The number of ether oxygens (including phenoxy) is 7. The first-order valence-corrected chi connectivity index (χ1v) is 20.1. The fourth-order valence-corrected chi connectivity index (χ4v) is 7.11. The number of carbonyl (C=O) groups excluding carboxylic acids is 2. The highest BCUT2D eigenvalue weighted by Gasteiger charge is 2.25. The topological polar surface area (TPSA) is 98.8 Å². The summed E-state index contributed by atoms with van der Waals surface area (Å²) in [6.07, 6.45) is -1.60. The third kappa shape index (κ3) is 9.91. The quantitative estimate of drug-likeness (QED) is 0.0880. The molecule has 0 spiro atoms. The zero-order chi connectivity index (χ0) is 44.0. The van der Waals surface area contributed by atoms with E-state index in [-0.39, 0.29) is 0 Å². The van der Waals surface area contributed by atoms with Gasteiger partial charge in [0.1, 0.15) is 46.0 Å². The van der Waals surface area contributed by atoms with Crippen LogP contribution in [0.2, 0.25) is 0 Å². The molecule has 7 rings (SSSR count). The lowest BCUT2D eigenvalue weighted by Gasteiger charge is -2.27. The van der Waals surface area contributed by atoms with Crippen LogP contribution >= 0.6 is 0 Å². The number of carbonyl (C=O) groups is 2. The van der Waals surface area contributed by atoms with Crippen molar-refractivity contribution in [3.8, 4) is 68.2 Å². The summed E-state index contributed by atoms with van der Waals surface area (Å²) in [6, 6.07) is 46.4. The molecule has 314 valence electrons. The monoisotopic (exact) mass is 828 g/mol. The van der Waals surface area contributed by atoms with Crippen LogP contribution in [0.5, 0.6) is 46.0 Å². The van der Waals surface area contributed by atoms with Gasteiger partial charge in [-0.1, -0.05) is 80.6 Å². The van der Waals surface area contributed by atoms with E-state index in [0.29, 0.717) is 34.5 Å². The van der Waals surface area contributed by atoms with Gasteiger partial charge in [-0.05, 0) is 156 Å². The fourth-order valence-electron chi connectivity index (χ4n) is 7.11. The maximum absolute atomic E-state index is 13.0. The van der Waals surface area contributed by atoms with Crippen molar-refractivity contribution in [1.82, 2.24) is 0 Å². The number of aryl methyl sites for hydroxylation is 4. The number of methoxy groups -OCH3 is 2. The van der Waals surface area contributed by atoms with Crippen molar-refractivity contribution in [3.05, 3.63) is 179 Å². The average Bonchev–Trinajstić information content (AvgIpc) is 3.26. The molecule has 0 saturated carbocycles. The Morgan fingerprint density at radius 1 is 0.403 bits per heavy atom. The minimum absolute atomic E-state index is 0.398. The lowest BCUT2D eigenvalue weighted by Crippen LogP contribution is -2.20. The van der Waals surface area contributed by atoms with Gasteiger partial charge in [0.2, 0.25) is 0 Å². The van der Waals surface area contributed by atoms with Gasteiger partial charge in [0.25, 0.3) is 0 Å². The summed E-state index contributed by atoms with van der Waals surface area (Å²) >= 11 is 0. The van der Waals surface area contributed by atoms with Crippen molar-refractivity contribution in [2.45, 2.75) is 47.0 Å². The molecule has 0 heterocycles. The molecule has 0 aromatic heterocycles. The highest BCUT2D eigenvalue weighted by atomic mass is 16.7. The maximum atomic E-state index is 13.0. The van der Waals surface area contributed by atoms with Crippen molar-refractivity contribution in [1.29, 1.82) is 0 Å². The first-order chi connectivity index (χ1) is 29.8. The van der Waals surface area contributed by atoms with Crippen molar-refractivity contribution >= 4 is 12.3 Å². The third-order valence-electron chi connectivity index (χ3n) is 10.8. The molecular weight excluding hydrogens is 781 g/mol. The van der Waals surface area contributed by atoms with Crippen molar-refractivity contribution in [2.75, 3.05) is 14.2 Å². The smallest absolute Gasteiger partial charge is 0.496 e. The second-order valence-electron chi connectivity index (χ2n) is 15.5. The molecule has 0 fully saturated rings. The molecule has 9 nitrogen and oxygen atoms in total. The van der Waals surface area contributed by atoms with E-state index < -0.39 is 17.7 Å². The van der Waals surface area contributed by atoms with Gasteiger partial charge in [-0.2, -0.15) is 0 Å². The van der Waals surface area contributed by atoms with E-state index in [1.54, 1.807) is 25.3 Å². The lowest BCUT2D eigenvalue weighted by molar-refractivity contribution is 0.121. The maximum Gasteiger partial charge on any atom is 0.519 e. The molecule has 0 unspecified atom stereocenters. The van der Waals surface area contributed by atoms with Gasteiger partial charge in [-0.25, -0.2) is 9.59 Å². The number of hydrogen-bond acceptors (Lipinski definition) is 9. The molecule has 0 atom stereocenters. The molecule has 0 N–H and O–H groups in total. The molecular formula is C53H48O9. The average molecular weight is 829 g/mol. The van der Waals surface area contributed by atoms with E-state index >= 15 is 0 Å². The standard InChI is InChI=1S/C53H48O9/c1-33-28-39(16-24-47(33)56-7)37-12-20-43(21-13-37)58-45-10-9-11-46(32-45)59-44-22-14-38(15-23-44)40-17-25-48(34(2)29-40)61-52(55)62-50-27-19-42(31-36(50)4)53(5,6)41-18-26-49(35(3)30-41)60-51(54)57-8/h9-32H,1-8H3. The fraction of sp³-hybridized carbons (Fsp3) is 0.170. The Kier molecular flexibility index (Phi) is 12.6. The largest absolute Gasteiger partial charge is 0.519 e. The van der Waals surface area contributed by atoms with Gasteiger partial charge in [-0.15, -0.1) is 0 Å². The van der Waals surface area contributed by atoms with Gasteiger partial charge < -0.3 is 33.2 Å². The highest BCUT2D eigenvalue weighted by molar-refractivity contribution is 5.71. The van der Waals surface area contributed by atoms with Gasteiger partial charge in [0.05, 0.1) is 14.2 Å². The summed E-state index contributed by atoms with van der Waals surface area (Å²) < 4.78 is 38.9. The first kappa shape index (κ1) is 42.6. The zero-order valence-electron chi connectivity index (χ0n) is 36.0. The summed E-state index contributed by atoms with van der Waals surface area (Å²) in [7, 11) is 2.95. The summed E-state index contributed by atoms with van der Waals surface area (Å²) in [6.45, 7) is 11.9. The normalized spacial score (nSPS) is 11.0. The summed E-state index contributed by atoms with van der Waals surface area (Å²) in [5, 5.41) is 0. The zero-order valence-corrected chi connectivity index (χ0v) is 36.0. The van der Waals surface area contributed by atoms with E-state index in [1.807, 2.05) is 149 Å². The SMILES string of the molecule is COC(=O)Oc1ccc(C(C)(C)c2ccc(OC(=O)Oc3ccc(-c4ccc(Oc5cccc(Oc6ccc(-c7ccc(OC)c(C)c7)cc6)c5)cc4)cc3C)c(C)c2)cc1C. The van der Waals surface area contributed by atoms with Gasteiger partial charge >= 0.3 is 12.3 Å². The second-order valence-corrected chi connectivity index (χ2v) is 15.5. The van der Waals surface area contributed by atoms with Crippen molar-refractivity contribution < 1.29 is 42.7 Å². The number of hydrogen-bond donors (Lipinski definition) is 0. The van der Waals surface area contributed by atoms with E-state index in [9.17, 15) is 9.59 Å².